The van der Waals surface area contributed by atoms with E-state index in [0.717, 1.165) is 5.25 Å². The largest absolute Gasteiger partial charge is 0.328 e. The molecule has 0 bridgehead atoms. The van der Waals surface area contributed by atoms with Gasteiger partial charge in [-0.2, -0.15) is 11.8 Å². The molecule has 2 atom stereocenters. The second-order valence-electron chi connectivity index (χ2n) is 2.47. The molecule has 1 aliphatic rings. The Morgan fingerprint density at radius 3 is 2.75 bits per heavy atom. The lowest BCUT2D eigenvalue weighted by molar-refractivity contribution is 0.581. The quantitative estimate of drug-likeness (QED) is 0.535. The van der Waals surface area contributed by atoms with Gasteiger partial charge in [-0.05, 0) is 18.6 Å². The van der Waals surface area contributed by atoms with Crippen LogP contribution in [0.25, 0.3) is 0 Å². The lowest BCUT2D eigenvalue weighted by Crippen LogP contribution is -2.28. The summed E-state index contributed by atoms with van der Waals surface area (Å²) >= 11 is 2.04. The van der Waals surface area contributed by atoms with Crippen LogP contribution in [0.15, 0.2) is 0 Å². The number of hydrogen-bond donors (Lipinski definition) is 1. The first-order valence-electron chi connectivity index (χ1n) is 3.16. The van der Waals surface area contributed by atoms with E-state index in [2.05, 4.69) is 6.92 Å². The highest BCUT2D eigenvalue weighted by Crippen LogP contribution is 2.23. The molecule has 0 aliphatic carbocycles. The molecule has 0 spiro atoms. The van der Waals surface area contributed by atoms with Crippen LogP contribution in [0, 0.1) is 0 Å². The topological polar surface area (TPSA) is 26.0 Å². The van der Waals surface area contributed by atoms with Crippen LogP contribution in [0.1, 0.15) is 19.8 Å². The van der Waals surface area contributed by atoms with Crippen molar-refractivity contribution in [2.75, 3.05) is 5.75 Å². The highest BCUT2D eigenvalue weighted by molar-refractivity contribution is 7.99. The molecule has 0 saturated carbocycles. The number of nitrogens with two attached hydrogens (primary N) is 1. The summed E-state index contributed by atoms with van der Waals surface area (Å²) in [6.07, 6.45) is 2.43. The van der Waals surface area contributed by atoms with Crippen molar-refractivity contribution in [1.82, 2.24) is 0 Å². The number of hydrogen-bond acceptors (Lipinski definition) is 2. The predicted octanol–water partition coefficient (Wildman–Crippen LogP) is 1.23. The van der Waals surface area contributed by atoms with Crippen LogP contribution in [0.3, 0.4) is 0 Å². The van der Waals surface area contributed by atoms with E-state index in [1.165, 1.54) is 18.6 Å². The minimum absolute atomic E-state index is 0.492. The second kappa shape index (κ2) is 2.74. The first kappa shape index (κ1) is 6.43. The molecule has 48 valence electrons. The van der Waals surface area contributed by atoms with Crippen molar-refractivity contribution in [2.24, 2.45) is 5.73 Å². The SMILES string of the molecule is C[C@H]1C[C@@H](N)CCS1. The molecule has 2 heteroatoms. The maximum absolute atomic E-state index is 5.71. The van der Waals surface area contributed by atoms with Crippen LogP contribution in [0.4, 0.5) is 0 Å². The molecule has 1 nitrogen and oxygen atoms in total. The Morgan fingerprint density at radius 1 is 1.62 bits per heavy atom. The molecule has 0 aromatic heterocycles. The van der Waals surface area contributed by atoms with Crippen LogP contribution in [-0.4, -0.2) is 17.0 Å². The van der Waals surface area contributed by atoms with E-state index in [4.69, 9.17) is 5.73 Å². The summed E-state index contributed by atoms with van der Waals surface area (Å²) in [5.74, 6) is 1.27. The Hall–Kier alpha value is 0.310. The van der Waals surface area contributed by atoms with Crippen LogP contribution in [0.2, 0.25) is 0 Å². The molecule has 0 amide bonds. The molecular weight excluding hydrogens is 118 g/mol. The molecule has 0 radical (unpaired) electrons. The molecule has 0 unspecified atom stereocenters. The van der Waals surface area contributed by atoms with Crippen molar-refractivity contribution in [3.05, 3.63) is 0 Å². The van der Waals surface area contributed by atoms with Gasteiger partial charge in [0, 0.05) is 11.3 Å². The van der Waals surface area contributed by atoms with Crippen molar-refractivity contribution >= 4 is 11.8 Å². The van der Waals surface area contributed by atoms with E-state index < -0.39 is 0 Å². The van der Waals surface area contributed by atoms with Crippen LogP contribution in [-0.2, 0) is 0 Å². The molecule has 1 rings (SSSR count). The first-order chi connectivity index (χ1) is 3.79. The monoisotopic (exact) mass is 131 g/mol. The van der Waals surface area contributed by atoms with Crippen molar-refractivity contribution in [3.8, 4) is 0 Å². The van der Waals surface area contributed by atoms with Gasteiger partial charge in [0.25, 0.3) is 0 Å². The fourth-order valence-electron chi connectivity index (χ4n) is 1.03. The minimum Gasteiger partial charge on any atom is -0.328 e. The third-order valence-corrected chi connectivity index (χ3v) is 2.76. The van der Waals surface area contributed by atoms with Gasteiger partial charge >= 0.3 is 0 Å². The Balaban J connectivity index is 2.23. The highest BCUT2D eigenvalue weighted by Gasteiger charge is 2.14. The Morgan fingerprint density at radius 2 is 2.38 bits per heavy atom. The summed E-state index contributed by atoms with van der Waals surface area (Å²) in [6.45, 7) is 2.25. The van der Waals surface area contributed by atoms with E-state index >= 15 is 0 Å². The summed E-state index contributed by atoms with van der Waals surface area (Å²) < 4.78 is 0. The molecule has 0 aromatic rings. The van der Waals surface area contributed by atoms with Gasteiger partial charge in [0.2, 0.25) is 0 Å². The van der Waals surface area contributed by atoms with Gasteiger partial charge in [-0.15, -0.1) is 0 Å². The first-order valence-corrected chi connectivity index (χ1v) is 4.21. The lowest BCUT2D eigenvalue weighted by atomic mass is 10.1. The van der Waals surface area contributed by atoms with Gasteiger partial charge in [0.1, 0.15) is 0 Å². The zero-order valence-corrected chi connectivity index (χ0v) is 6.08. The van der Waals surface area contributed by atoms with Gasteiger partial charge in [0.05, 0.1) is 0 Å². The van der Waals surface area contributed by atoms with Gasteiger partial charge in [-0.1, -0.05) is 6.92 Å². The molecule has 8 heavy (non-hydrogen) atoms. The van der Waals surface area contributed by atoms with Crippen LogP contribution < -0.4 is 5.73 Å². The molecular formula is C6H13NS. The Kier molecular flexibility index (Phi) is 2.20. The standard InChI is InChI=1S/C6H13NS/c1-5-4-6(7)2-3-8-5/h5-6H,2-4,7H2,1H3/t5-,6-/m0/s1. The molecule has 0 aromatic carbocycles. The van der Waals surface area contributed by atoms with Crippen molar-refractivity contribution in [3.63, 3.8) is 0 Å². The van der Waals surface area contributed by atoms with Crippen molar-refractivity contribution in [2.45, 2.75) is 31.1 Å². The summed E-state index contributed by atoms with van der Waals surface area (Å²) in [4.78, 5) is 0. The summed E-state index contributed by atoms with van der Waals surface area (Å²) in [7, 11) is 0. The van der Waals surface area contributed by atoms with Crippen LogP contribution in [0.5, 0.6) is 0 Å². The average molecular weight is 131 g/mol. The van der Waals surface area contributed by atoms with Gasteiger partial charge < -0.3 is 5.73 Å². The molecule has 1 heterocycles. The van der Waals surface area contributed by atoms with E-state index in [0.29, 0.717) is 6.04 Å². The van der Waals surface area contributed by atoms with Crippen molar-refractivity contribution < 1.29 is 0 Å². The van der Waals surface area contributed by atoms with E-state index in [1.807, 2.05) is 11.8 Å². The van der Waals surface area contributed by atoms with Crippen molar-refractivity contribution in [1.29, 1.82) is 0 Å². The summed E-state index contributed by atoms with van der Waals surface area (Å²) in [6, 6.07) is 0.492. The summed E-state index contributed by atoms with van der Waals surface area (Å²) in [5.41, 5.74) is 5.71. The van der Waals surface area contributed by atoms with E-state index in [9.17, 15) is 0 Å². The fraction of sp³-hybridized carbons (Fsp3) is 1.00. The molecule has 1 saturated heterocycles. The maximum atomic E-state index is 5.71. The third kappa shape index (κ3) is 1.67. The Bertz CT molecular complexity index is 66.9. The minimum atomic E-state index is 0.492. The van der Waals surface area contributed by atoms with Gasteiger partial charge in [-0.3, -0.25) is 0 Å². The zero-order valence-electron chi connectivity index (χ0n) is 5.26. The maximum Gasteiger partial charge on any atom is 0.00571 e. The van der Waals surface area contributed by atoms with Crippen LogP contribution >= 0.6 is 11.8 Å². The molecule has 2 N–H and O–H groups in total. The second-order valence-corrected chi connectivity index (χ2v) is 4.01. The van der Waals surface area contributed by atoms with E-state index in [-0.39, 0.29) is 0 Å². The third-order valence-electron chi connectivity index (χ3n) is 1.53. The highest BCUT2D eigenvalue weighted by atomic mass is 32.2. The Labute approximate surface area is 55.0 Å². The normalized spacial score (nSPS) is 39.8. The van der Waals surface area contributed by atoms with Gasteiger partial charge in [-0.25, -0.2) is 0 Å². The zero-order chi connectivity index (χ0) is 5.98. The number of rotatable bonds is 0. The fourth-order valence-corrected chi connectivity index (χ4v) is 2.26. The molecule has 1 fully saturated rings. The number of thioether (sulfide) groups is 1. The van der Waals surface area contributed by atoms with Gasteiger partial charge in [0.15, 0.2) is 0 Å². The summed E-state index contributed by atoms with van der Waals surface area (Å²) in [5, 5.41) is 0.804. The van der Waals surface area contributed by atoms with E-state index in [1.54, 1.807) is 0 Å². The lowest BCUT2D eigenvalue weighted by Gasteiger charge is -2.22. The molecule has 1 aliphatic heterocycles. The predicted molar refractivity (Wildman–Crippen MR) is 39.1 cm³/mol. The smallest absolute Gasteiger partial charge is 0.00571 e. The average Bonchev–Trinajstić information content (AvgIpc) is 1.64.